The Balaban J connectivity index is 1.53. The second-order valence-corrected chi connectivity index (χ2v) is 10.3. The van der Waals surface area contributed by atoms with Crippen LogP contribution in [-0.4, -0.2) is 79.7 Å². The maximum absolute atomic E-state index is 13.0. The highest BCUT2D eigenvalue weighted by molar-refractivity contribution is 5.81. The second kappa shape index (κ2) is 11.6. The largest absolute Gasteiger partial charge is 0.493 e. The number of carbonyl (C=O) groups excluding carboxylic acids is 3. The quantitative estimate of drug-likeness (QED) is 0.660. The van der Waals surface area contributed by atoms with Crippen LogP contribution in [0.4, 0.5) is 4.79 Å². The molecule has 0 bridgehead atoms. The lowest BCUT2D eigenvalue weighted by atomic mass is 9.96. The molecule has 0 spiro atoms. The van der Waals surface area contributed by atoms with Crippen LogP contribution in [0.25, 0.3) is 0 Å². The zero-order chi connectivity index (χ0) is 25.6. The minimum absolute atomic E-state index is 0.0185. The van der Waals surface area contributed by atoms with Crippen LogP contribution in [0.15, 0.2) is 18.2 Å². The fourth-order valence-corrected chi connectivity index (χ4v) is 4.60. The summed E-state index contributed by atoms with van der Waals surface area (Å²) in [5.41, 5.74) is 0.282. The highest BCUT2D eigenvalue weighted by atomic mass is 16.6. The predicted octanol–water partition coefficient (Wildman–Crippen LogP) is 3.00. The highest BCUT2D eigenvalue weighted by Gasteiger charge is 2.33. The topological polar surface area (TPSA) is 97.4 Å². The van der Waals surface area contributed by atoms with E-state index >= 15 is 0 Å². The summed E-state index contributed by atoms with van der Waals surface area (Å²) in [5, 5.41) is 3.13. The molecule has 194 valence electrons. The van der Waals surface area contributed by atoms with Crippen molar-refractivity contribution < 1.29 is 28.6 Å². The first kappa shape index (κ1) is 26.6. The lowest BCUT2D eigenvalue weighted by Crippen LogP contribution is -2.53. The molecule has 9 heteroatoms. The number of hydrogen-bond donors (Lipinski definition) is 1. The molecule has 1 aromatic rings. The van der Waals surface area contributed by atoms with Gasteiger partial charge in [0, 0.05) is 32.2 Å². The molecule has 0 aromatic heterocycles. The first-order chi connectivity index (χ1) is 16.6. The van der Waals surface area contributed by atoms with Crippen LogP contribution in [0.3, 0.4) is 0 Å². The number of benzene rings is 1. The van der Waals surface area contributed by atoms with E-state index in [0.29, 0.717) is 37.7 Å². The molecule has 2 fully saturated rings. The van der Waals surface area contributed by atoms with Gasteiger partial charge in [0.15, 0.2) is 11.5 Å². The van der Waals surface area contributed by atoms with E-state index in [4.69, 9.17) is 14.2 Å². The third kappa shape index (κ3) is 7.50. The van der Waals surface area contributed by atoms with E-state index in [9.17, 15) is 14.4 Å². The number of likely N-dealkylation sites (tertiary alicyclic amines) is 2. The Kier molecular flexibility index (Phi) is 8.86. The molecule has 1 N–H and O–H groups in total. The van der Waals surface area contributed by atoms with Crippen LogP contribution in [-0.2, 0) is 20.7 Å². The Hall–Kier alpha value is -2.97. The van der Waals surface area contributed by atoms with Gasteiger partial charge in [-0.2, -0.15) is 0 Å². The number of amides is 3. The van der Waals surface area contributed by atoms with Gasteiger partial charge in [0.1, 0.15) is 5.60 Å². The van der Waals surface area contributed by atoms with Gasteiger partial charge in [-0.05, 0) is 64.2 Å². The summed E-state index contributed by atoms with van der Waals surface area (Å²) in [5.74, 6) is 0.906. The van der Waals surface area contributed by atoms with Crippen molar-refractivity contribution in [2.45, 2.75) is 64.5 Å². The summed E-state index contributed by atoms with van der Waals surface area (Å²) in [6, 6.07) is 5.38. The zero-order valence-corrected chi connectivity index (χ0v) is 21.6. The second-order valence-electron chi connectivity index (χ2n) is 10.3. The number of nitrogens with one attached hydrogen (secondary N) is 1. The van der Waals surface area contributed by atoms with Gasteiger partial charge in [0.25, 0.3) is 0 Å². The Labute approximate surface area is 208 Å². The maximum atomic E-state index is 13.0. The molecule has 1 aromatic carbocycles. The molecule has 0 aliphatic carbocycles. The number of hydrogen-bond acceptors (Lipinski definition) is 6. The van der Waals surface area contributed by atoms with Crippen molar-refractivity contribution in [3.63, 3.8) is 0 Å². The molecule has 9 nitrogen and oxygen atoms in total. The van der Waals surface area contributed by atoms with E-state index in [-0.39, 0.29) is 36.3 Å². The number of piperidine rings is 2. The molecule has 2 saturated heterocycles. The smallest absolute Gasteiger partial charge is 0.410 e. The van der Waals surface area contributed by atoms with Crippen LogP contribution in [0.2, 0.25) is 0 Å². The number of carbonyl (C=O) groups is 3. The third-order valence-corrected chi connectivity index (χ3v) is 6.37. The Morgan fingerprint density at radius 1 is 0.971 bits per heavy atom. The summed E-state index contributed by atoms with van der Waals surface area (Å²) in [4.78, 5) is 41.8. The molecule has 2 aliphatic rings. The SMILES string of the molecule is COc1ccc(CC(=O)N2CCC[C@H](NC(=O)[C@H]3CCCN(C(=O)OC(C)(C)C)C3)C2)cc1OC. The molecule has 2 aliphatic heterocycles. The molecule has 35 heavy (non-hydrogen) atoms. The van der Waals surface area contributed by atoms with E-state index in [0.717, 1.165) is 31.2 Å². The monoisotopic (exact) mass is 489 g/mol. The van der Waals surface area contributed by atoms with Gasteiger partial charge >= 0.3 is 6.09 Å². The average molecular weight is 490 g/mol. The summed E-state index contributed by atoms with van der Waals surface area (Å²) in [6.45, 7) is 7.62. The van der Waals surface area contributed by atoms with Crippen LogP contribution >= 0.6 is 0 Å². The number of nitrogens with zero attached hydrogens (tertiary/aromatic N) is 2. The minimum atomic E-state index is -0.568. The lowest BCUT2D eigenvalue weighted by Gasteiger charge is -2.36. The normalized spacial score (nSPS) is 20.7. The van der Waals surface area contributed by atoms with E-state index < -0.39 is 5.60 Å². The van der Waals surface area contributed by atoms with Crippen molar-refractivity contribution in [2.24, 2.45) is 5.92 Å². The standard InChI is InChI=1S/C26H39N3O6/c1-26(2,3)35-25(32)29-13-6-8-19(16-29)24(31)27-20-9-7-12-28(17-20)23(30)15-18-10-11-21(33-4)22(14-18)34-5/h10-11,14,19-20H,6-9,12-13,15-17H2,1-5H3,(H,27,31)/t19-,20-/m0/s1. The van der Waals surface area contributed by atoms with Crippen molar-refractivity contribution in [3.8, 4) is 11.5 Å². The van der Waals surface area contributed by atoms with Crippen molar-refractivity contribution in [1.29, 1.82) is 0 Å². The molecule has 2 heterocycles. The first-order valence-electron chi connectivity index (χ1n) is 12.4. The van der Waals surface area contributed by atoms with Gasteiger partial charge in [-0.25, -0.2) is 4.79 Å². The summed E-state index contributed by atoms with van der Waals surface area (Å²) in [7, 11) is 3.15. The number of methoxy groups -OCH3 is 2. The zero-order valence-electron chi connectivity index (χ0n) is 21.6. The summed E-state index contributed by atoms with van der Waals surface area (Å²) >= 11 is 0. The lowest BCUT2D eigenvalue weighted by molar-refractivity contribution is -0.134. The number of ether oxygens (including phenoxy) is 3. The third-order valence-electron chi connectivity index (χ3n) is 6.37. The maximum Gasteiger partial charge on any atom is 0.410 e. The van der Waals surface area contributed by atoms with Crippen molar-refractivity contribution in [2.75, 3.05) is 40.4 Å². The molecule has 0 radical (unpaired) electrons. The molecule has 0 saturated carbocycles. The van der Waals surface area contributed by atoms with Crippen LogP contribution < -0.4 is 14.8 Å². The van der Waals surface area contributed by atoms with Gasteiger partial charge in [0.05, 0.1) is 26.6 Å². The molecule has 3 amide bonds. The molecule has 0 unspecified atom stereocenters. The van der Waals surface area contributed by atoms with E-state index in [1.807, 2.05) is 37.8 Å². The van der Waals surface area contributed by atoms with Gasteiger partial charge in [-0.3, -0.25) is 9.59 Å². The van der Waals surface area contributed by atoms with Gasteiger partial charge in [-0.15, -0.1) is 0 Å². The van der Waals surface area contributed by atoms with Crippen molar-refractivity contribution in [1.82, 2.24) is 15.1 Å². The summed E-state index contributed by atoms with van der Waals surface area (Å²) in [6.07, 6.45) is 3.04. The van der Waals surface area contributed by atoms with Crippen LogP contribution in [0.1, 0.15) is 52.0 Å². The minimum Gasteiger partial charge on any atom is -0.493 e. The Bertz CT molecular complexity index is 913. The molecule has 2 atom stereocenters. The molecular formula is C26H39N3O6. The average Bonchev–Trinajstić information content (AvgIpc) is 2.83. The molecular weight excluding hydrogens is 450 g/mol. The van der Waals surface area contributed by atoms with Crippen molar-refractivity contribution >= 4 is 17.9 Å². The van der Waals surface area contributed by atoms with E-state index in [1.54, 1.807) is 25.2 Å². The predicted molar refractivity (Wildman–Crippen MR) is 132 cm³/mol. The van der Waals surface area contributed by atoms with E-state index in [1.165, 1.54) is 0 Å². The van der Waals surface area contributed by atoms with Crippen LogP contribution in [0, 0.1) is 5.92 Å². The van der Waals surface area contributed by atoms with Crippen LogP contribution in [0.5, 0.6) is 11.5 Å². The highest BCUT2D eigenvalue weighted by Crippen LogP contribution is 2.28. The van der Waals surface area contributed by atoms with Gasteiger partial charge < -0.3 is 29.3 Å². The fourth-order valence-electron chi connectivity index (χ4n) is 4.60. The first-order valence-corrected chi connectivity index (χ1v) is 12.4. The van der Waals surface area contributed by atoms with Gasteiger partial charge in [-0.1, -0.05) is 6.07 Å². The van der Waals surface area contributed by atoms with E-state index in [2.05, 4.69) is 5.32 Å². The van der Waals surface area contributed by atoms with Gasteiger partial charge in [0.2, 0.25) is 11.8 Å². The Morgan fingerprint density at radius 3 is 2.34 bits per heavy atom. The fraction of sp³-hybridized carbons (Fsp3) is 0.654. The Morgan fingerprint density at radius 2 is 1.66 bits per heavy atom. The summed E-state index contributed by atoms with van der Waals surface area (Å²) < 4.78 is 16.1. The van der Waals surface area contributed by atoms with Crippen molar-refractivity contribution in [3.05, 3.63) is 23.8 Å². The molecule has 3 rings (SSSR count). The number of rotatable bonds is 6.